The number of methoxy groups -OCH3 is 2. The van der Waals surface area contributed by atoms with Crippen molar-refractivity contribution in [3.63, 3.8) is 0 Å². The number of halogens is 3. The van der Waals surface area contributed by atoms with Crippen molar-refractivity contribution in [2.75, 3.05) is 19.5 Å². The summed E-state index contributed by atoms with van der Waals surface area (Å²) < 4.78 is 55.8. The molecule has 0 fully saturated rings. The van der Waals surface area contributed by atoms with Crippen LogP contribution in [-0.2, 0) is 23.9 Å². The zero-order chi connectivity index (χ0) is 20.9. The van der Waals surface area contributed by atoms with Gasteiger partial charge in [-0.25, -0.2) is 4.79 Å². The molecule has 152 valence electrons. The SMILES string of the molecule is CCc1cc(C(F)(F)F)c(OCc2c(NC(=O)OC)cccc2OC)cc1C. The molecule has 2 aromatic carbocycles. The maximum atomic E-state index is 13.5. The Morgan fingerprint density at radius 3 is 2.43 bits per heavy atom. The fourth-order valence-electron chi connectivity index (χ4n) is 2.78. The van der Waals surface area contributed by atoms with Gasteiger partial charge in [-0.05, 0) is 48.7 Å². The Morgan fingerprint density at radius 2 is 1.86 bits per heavy atom. The zero-order valence-electron chi connectivity index (χ0n) is 16.1. The van der Waals surface area contributed by atoms with E-state index in [-0.39, 0.29) is 12.4 Å². The highest BCUT2D eigenvalue weighted by Crippen LogP contribution is 2.39. The van der Waals surface area contributed by atoms with Gasteiger partial charge in [0.25, 0.3) is 0 Å². The normalized spacial score (nSPS) is 11.1. The van der Waals surface area contributed by atoms with Crippen LogP contribution in [0, 0.1) is 6.92 Å². The van der Waals surface area contributed by atoms with E-state index in [1.54, 1.807) is 32.0 Å². The lowest BCUT2D eigenvalue weighted by atomic mass is 10.0. The van der Waals surface area contributed by atoms with Crippen molar-refractivity contribution in [1.82, 2.24) is 0 Å². The van der Waals surface area contributed by atoms with Crippen molar-refractivity contribution in [2.24, 2.45) is 0 Å². The van der Waals surface area contributed by atoms with Gasteiger partial charge in [-0.1, -0.05) is 13.0 Å². The van der Waals surface area contributed by atoms with Gasteiger partial charge < -0.3 is 14.2 Å². The van der Waals surface area contributed by atoms with E-state index in [0.717, 1.165) is 6.07 Å². The number of amides is 1. The fourth-order valence-corrected chi connectivity index (χ4v) is 2.78. The first-order chi connectivity index (χ1) is 13.2. The summed E-state index contributed by atoms with van der Waals surface area (Å²) in [5.41, 5.74) is 1.18. The summed E-state index contributed by atoms with van der Waals surface area (Å²) in [6, 6.07) is 7.32. The van der Waals surface area contributed by atoms with E-state index in [1.165, 1.54) is 20.3 Å². The second-order valence-corrected chi connectivity index (χ2v) is 6.02. The van der Waals surface area contributed by atoms with Crippen LogP contribution < -0.4 is 14.8 Å². The lowest BCUT2D eigenvalue weighted by Crippen LogP contribution is -2.15. The molecule has 0 aliphatic carbocycles. The maximum absolute atomic E-state index is 13.5. The van der Waals surface area contributed by atoms with Gasteiger partial charge in [-0.15, -0.1) is 0 Å². The number of alkyl halides is 3. The lowest BCUT2D eigenvalue weighted by Gasteiger charge is -2.19. The van der Waals surface area contributed by atoms with Crippen LogP contribution in [0.4, 0.5) is 23.7 Å². The van der Waals surface area contributed by atoms with Crippen LogP contribution in [-0.4, -0.2) is 20.3 Å². The Kier molecular flexibility index (Phi) is 6.77. The van der Waals surface area contributed by atoms with E-state index in [0.29, 0.717) is 34.5 Å². The number of carbonyl (C=O) groups excluding carboxylic acids is 1. The van der Waals surface area contributed by atoms with Crippen LogP contribution in [0.2, 0.25) is 0 Å². The van der Waals surface area contributed by atoms with E-state index in [1.807, 2.05) is 0 Å². The van der Waals surface area contributed by atoms with E-state index in [4.69, 9.17) is 9.47 Å². The molecule has 2 rings (SSSR count). The molecule has 0 bridgehead atoms. The molecule has 0 saturated carbocycles. The van der Waals surface area contributed by atoms with Crippen LogP contribution in [0.3, 0.4) is 0 Å². The first kappa shape index (κ1) is 21.4. The molecule has 28 heavy (non-hydrogen) atoms. The summed E-state index contributed by atoms with van der Waals surface area (Å²) >= 11 is 0. The number of hydrogen-bond acceptors (Lipinski definition) is 4. The molecule has 1 amide bonds. The van der Waals surface area contributed by atoms with E-state index >= 15 is 0 Å². The number of ether oxygens (including phenoxy) is 3. The van der Waals surface area contributed by atoms with Crippen molar-refractivity contribution in [1.29, 1.82) is 0 Å². The summed E-state index contributed by atoms with van der Waals surface area (Å²) in [6.07, 6.45) is -4.79. The second kappa shape index (κ2) is 8.86. The fraction of sp³-hybridized carbons (Fsp3) is 0.350. The van der Waals surface area contributed by atoms with Gasteiger partial charge in [0, 0.05) is 0 Å². The van der Waals surface area contributed by atoms with Gasteiger partial charge >= 0.3 is 12.3 Å². The van der Waals surface area contributed by atoms with Gasteiger partial charge in [0.1, 0.15) is 18.1 Å². The molecule has 0 aliphatic heterocycles. The molecule has 0 unspecified atom stereocenters. The number of hydrogen-bond donors (Lipinski definition) is 1. The third-order valence-electron chi connectivity index (χ3n) is 4.27. The minimum atomic E-state index is -4.55. The van der Waals surface area contributed by atoms with Crippen molar-refractivity contribution >= 4 is 11.8 Å². The summed E-state index contributed by atoms with van der Waals surface area (Å²) in [4.78, 5) is 11.5. The molecule has 0 aliphatic rings. The van der Waals surface area contributed by atoms with Crippen LogP contribution in [0.5, 0.6) is 11.5 Å². The van der Waals surface area contributed by atoms with Gasteiger partial charge in [0.15, 0.2) is 0 Å². The number of carbonyl (C=O) groups is 1. The summed E-state index contributed by atoms with van der Waals surface area (Å²) in [5, 5.41) is 2.50. The predicted molar refractivity (Wildman–Crippen MR) is 98.9 cm³/mol. The molecule has 0 heterocycles. The summed E-state index contributed by atoms with van der Waals surface area (Å²) in [7, 11) is 2.63. The Labute approximate surface area is 161 Å². The summed E-state index contributed by atoms with van der Waals surface area (Å²) in [6.45, 7) is 3.29. The average molecular weight is 397 g/mol. The van der Waals surface area contributed by atoms with Crippen molar-refractivity contribution < 1.29 is 32.2 Å². The third-order valence-corrected chi connectivity index (χ3v) is 4.27. The molecule has 0 aromatic heterocycles. The van der Waals surface area contributed by atoms with Gasteiger partial charge in [0.05, 0.1) is 31.0 Å². The smallest absolute Gasteiger partial charge is 0.419 e. The highest BCUT2D eigenvalue weighted by Gasteiger charge is 2.35. The summed E-state index contributed by atoms with van der Waals surface area (Å²) in [5.74, 6) is 0.0847. The number of benzene rings is 2. The Balaban J connectivity index is 2.41. The van der Waals surface area contributed by atoms with Gasteiger partial charge in [-0.2, -0.15) is 13.2 Å². The van der Waals surface area contributed by atoms with Crippen LogP contribution >= 0.6 is 0 Å². The van der Waals surface area contributed by atoms with Crippen LogP contribution in [0.1, 0.15) is 29.2 Å². The lowest BCUT2D eigenvalue weighted by molar-refractivity contribution is -0.139. The minimum Gasteiger partial charge on any atom is -0.496 e. The van der Waals surface area contributed by atoms with E-state index in [2.05, 4.69) is 10.1 Å². The largest absolute Gasteiger partial charge is 0.496 e. The molecule has 5 nitrogen and oxygen atoms in total. The van der Waals surface area contributed by atoms with Gasteiger partial charge in [-0.3, -0.25) is 5.32 Å². The quantitative estimate of drug-likeness (QED) is 0.715. The second-order valence-electron chi connectivity index (χ2n) is 6.02. The molecule has 0 radical (unpaired) electrons. The molecular weight excluding hydrogens is 375 g/mol. The third kappa shape index (κ3) is 4.88. The van der Waals surface area contributed by atoms with Crippen LogP contribution in [0.25, 0.3) is 0 Å². The highest BCUT2D eigenvalue weighted by molar-refractivity contribution is 5.86. The first-order valence-electron chi connectivity index (χ1n) is 8.55. The molecular formula is C20H22F3NO4. The monoisotopic (exact) mass is 397 g/mol. The standard InChI is InChI=1S/C20H22F3NO4/c1-5-13-10-15(20(21,22)23)18(9-12(13)2)28-11-14-16(24-19(25)27-4)7-6-8-17(14)26-3/h6-10H,5,11H2,1-4H3,(H,24,25). The molecule has 0 spiro atoms. The molecule has 2 aromatic rings. The molecule has 0 atom stereocenters. The van der Waals surface area contributed by atoms with Crippen molar-refractivity contribution in [3.8, 4) is 11.5 Å². The topological polar surface area (TPSA) is 56.8 Å². The zero-order valence-corrected chi connectivity index (χ0v) is 16.1. The van der Waals surface area contributed by atoms with Crippen molar-refractivity contribution in [3.05, 3.63) is 52.6 Å². The average Bonchev–Trinajstić information content (AvgIpc) is 2.65. The van der Waals surface area contributed by atoms with E-state index < -0.39 is 17.8 Å². The minimum absolute atomic E-state index is 0.239. The predicted octanol–water partition coefficient (Wildman–Crippen LogP) is 5.34. The Morgan fingerprint density at radius 1 is 1.14 bits per heavy atom. The van der Waals surface area contributed by atoms with Crippen LogP contribution in [0.15, 0.2) is 30.3 Å². The number of anilines is 1. The van der Waals surface area contributed by atoms with E-state index in [9.17, 15) is 18.0 Å². The van der Waals surface area contributed by atoms with Crippen molar-refractivity contribution in [2.45, 2.75) is 33.1 Å². The molecule has 1 N–H and O–H groups in total. The molecule has 0 saturated heterocycles. The maximum Gasteiger partial charge on any atom is 0.419 e. The first-order valence-corrected chi connectivity index (χ1v) is 8.55. The van der Waals surface area contributed by atoms with Gasteiger partial charge in [0.2, 0.25) is 0 Å². The Bertz CT molecular complexity index is 850. The molecule has 8 heteroatoms. The number of nitrogens with one attached hydrogen (secondary N) is 1. The highest BCUT2D eigenvalue weighted by atomic mass is 19.4. The Hall–Kier alpha value is -2.90. The number of aryl methyl sites for hydroxylation is 2. The number of rotatable bonds is 6.